The fraction of sp³-hybridized carbons (Fsp3) is 0.143. The van der Waals surface area contributed by atoms with Gasteiger partial charge in [0.2, 0.25) is 0 Å². The largest absolute Gasteiger partial charge is 0.330 e. The van der Waals surface area contributed by atoms with Gasteiger partial charge in [-0.1, -0.05) is 17.7 Å². The fourth-order valence-electron chi connectivity index (χ4n) is 1.71. The van der Waals surface area contributed by atoms with Crippen LogP contribution in [0.5, 0.6) is 0 Å². The highest BCUT2D eigenvalue weighted by molar-refractivity contribution is 9.10. The number of hydrogen-bond donors (Lipinski definition) is 0. The highest BCUT2D eigenvalue weighted by Gasteiger charge is 2.16. The molecule has 0 aliphatic carbocycles. The molecule has 6 heteroatoms. The van der Waals surface area contributed by atoms with Gasteiger partial charge < -0.3 is 4.90 Å². The molecule has 0 saturated carbocycles. The molecule has 0 spiro atoms. The number of pyridine rings is 1. The molecule has 3 nitrogen and oxygen atoms in total. The number of nitrogens with zero attached hydrogens (tertiary/aromatic N) is 2. The second-order valence-electron chi connectivity index (χ2n) is 4.07. The Hall–Kier alpha value is -1.17. The predicted octanol–water partition coefficient (Wildman–Crippen LogP) is 4.39. The van der Waals surface area contributed by atoms with E-state index in [0.717, 1.165) is 13.7 Å². The molecule has 0 aliphatic heterocycles. The molecule has 0 N–H and O–H groups in total. The summed E-state index contributed by atoms with van der Waals surface area (Å²) in [4.78, 5) is 19.2. The standard InChI is InChI=1S/C14H12BrClN2OS/c1-2-5-18(9-12-3-4-13(16)20-12)14(19)10-6-11(15)8-17-7-10/h2-4,6-8H,1,5,9H2. The third-order valence-electron chi connectivity index (χ3n) is 2.56. The van der Waals surface area contributed by atoms with Crippen molar-refractivity contribution in [1.29, 1.82) is 0 Å². The van der Waals surface area contributed by atoms with Crippen molar-refractivity contribution in [1.82, 2.24) is 9.88 Å². The molecule has 2 aromatic heterocycles. The molecule has 0 radical (unpaired) electrons. The Labute approximate surface area is 135 Å². The van der Waals surface area contributed by atoms with E-state index in [1.54, 1.807) is 29.4 Å². The number of carbonyl (C=O) groups excluding carboxylic acids is 1. The van der Waals surface area contributed by atoms with Gasteiger partial charge in [-0.05, 0) is 34.1 Å². The summed E-state index contributed by atoms with van der Waals surface area (Å²) in [6.07, 6.45) is 4.91. The van der Waals surface area contributed by atoms with E-state index >= 15 is 0 Å². The Kier molecular flexibility index (Phi) is 5.34. The first-order chi connectivity index (χ1) is 9.60. The zero-order valence-electron chi connectivity index (χ0n) is 10.6. The lowest BCUT2D eigenvalue weighted by molar-refractivity contribution is 0.0763. The highest BCUT2D eigenvalue weighted by Crippen LogP contribution is 2.23. The average Bonchev–Trinajstić information content (AvgIpc) is 2.83. The smallest absolute Gasteiger partial charge is 0.256 e. The minimum atomic E-state index is -0.0803. The van der Waals surface area contributed by atoms with E-state index < -0.39 is 0 Å². The molecule has 0 fully saturated rings. The number of amides is 1. The van der Waals surface area contributed by atoms with Crippen LogP contribution in [-0.4, -0.2) is 22.3 Å². The highest BCUT2D eigenvalue weighted by atomic mass is 79.9. The lowest BCUT2D eigenvalue weighted by Crippen LogP contribution is -2.30. The number of hydrogen-bond acceptors (Lipinski definition) is 3. The summed E-state index contributed by atoms with van der Waals surface area (Å²) in [5, 5.41) is 0. The summed E-state index contributed by atoms with van der Waals surface area (Å²) in [5.74, 6) is -0.0803. The van der Waals surface area contributed by atoms with Crippen LogP contribution in [0.25, 0.3) is 0 Å². The lowest BCUT2D eigenvalue weighted by atomic mass is 10.2. The molecule has 2 heterocycles. The summed E-state index contributed by atoms with van der Waals surface area (Å²) < 4.78 is 1.50. The summed E-state index contributed by atoms with van der Waals surface area (Å²) in [6, 6.07) is 5.52. The van der Waals surface area contributed by atoms with Gasteiger partial charge in [0.05, 0.1) is 16.4 Å². The summed E-state index contributed by atoms with van der Waals surface area (Å²) in [6.45, 7) is 4.68. The number of aromatic nitrogens is 1. The Bertz CT molecular complexity index is 629. The molecule has 20 heavy (non-hydrogen) atoms. The Balaban J connectivity index is 2.19. The Morgan fingerprint density at radius 1 is 1.50 bits per heavy atom. The maximum Gasteiger partial charge on any atom is 0.256 e. The van der Waals surface area contributed by atoms with Gasteiger partial charge in [-0.2, -0.15) is 0 Å². The average molecular weight is 372 g/mol. The van der Waals surface area contributed by atoms with Crippen LogP contribution in [0.4, 0.5) is 0 Å². The van der Waals surface area contributed by atoms with Crippen LogP contribution in [0.2, 0.25) is 4.34 Å². The van der Waals surface area contributed by atoms with E-state index in [4.69, 9.17) is 11.6 Å². The second kappa shape index (κ2) is 7.02. The van der Waals surface area contributed by atoms with Crippen molar-refractivity contribution < 1.29 is 4.79 Å². The van der Waals surface area contributed by atoms with Crippen molar-refractivity contribution in [3.8, 4) is 0 Å². The summed E-state index contributed by atoms with van der Waals surface area (Å²) >= 11 is 10.7. The monoisotopic (exact) mass is 370 g/mol. The molecule has 0 aliphatic rings. The quantitative estimate of drug-likeness (QED) is 0.730. The van der Waals surface area contributed by atoms with Crippen LogP contribution in [0, 0.1) is 0 Å². The molecule has 0 unspecified atom stereocenters. The predicted molar refractivity (Wildman–Crippen MR) is 86.2 cm³/mol. The normalized spacial score (nSPS) is 10.3. The number of halogens is 2. The first kappa shape index (κ1) is 15.2. The van der Waals surface area contributed by atoms with Gasteiger partial charge in [0.25, 0.3) is 5.91 Å². The molecule has 0 bridgehead atoms. The van der Waals surface area contributed by atoms with Gasteiger partial charge in [-0.25, -0.2) is 0 Å². The third-order valence-corrected chi connectivity index (χ3v) is 4.21. The Morgan fingerprint density at radius 3 is 2.90 bits per heavy atom. The number of thiophene rings is 1. The van der Waals surface area contributed by atoms with Crippen LogP contribution in [0.1, 0.15) is 15.2 Å². The van der Waals surface area contributed by atoms with Crippen LogP contribution in [0.3, 0.4) is 0 Å². The Morgan fingerprint density at radius 2 is 2.30 bits per heavy atom. The van der Waals surface area contributed by atoms with Crippen molar-refractivity contribution in [3.05, 3.63) is 62.5 Å². The molecular weight excluding hydrogens is 360 g/mol. The van der Waals surface area contributed by atoms with Gasteiger partial charge in [0, 0.05) is 28.3 Å². The lowest BCUT2D eigenvalue weighted by Gasteiger charge is -2.20. The van der Waals surface area contributed by atoms with Crippen LogP contribution in [0.15, 0.2) is 47.7 Å². The molecule has 1 amide bonds. The first-order valence-corrected chi connectivity index (χ1v) is 7.84. The molecular formula is C14H12BrClN2OS. The van der Waals surface area contributed by atoms with E-state index in [1.807, 2.05) is 12.1 Å². The zero-order chi connectivity index (χ0) is 14.5. The van der Waals surface area contributed by atoms with Crippen molar-refractivity contribution in [2.75, 3.05) is 6.54 Å². The maximum atomic E-state index is 12.5. The van der Waals surface area contributed by atoms with E-state index in [2.05, 4.69) is 27.5 Å². The number of rotatable bonds is 5. The van der Waals surface area contributed by atoms with Crippen LogP contribution < -0.4 is 0 Å². The molecule has 0 atom stereocenters. The van der Waals surface area contributed by atoms with Gasteiger partial charge in [0.15, 0.2) is 0 Å². The molecule has 0 aromatic carbocycles. The third kappa shape index (κ3) is 3.91. The van der Waals surface area contributed by atoms with E-state index in [9.17, 15) is 4.79 Å². The topological polar surface area (TPSA) is 33.2 Å². The van der Waals surface area contributed by atoms with E-state index in [-0.39, 0.29) is 5.91 Å². The second-order valence-corrected chi connectivity index (χ2v) is 6.79. The van der Waals surface area contributed by atoms with E-state index in [0.29, 0.717) is 18.7 Å². The van der Waals surface area contributed by atoms with Gasteiger partial charge >= 0.3 is 0 Å². The van der Waals surface area contributed by atoms with Crippen molar-refractivity contribution in [2.24, 2.45) is 0 Å². The minimum Gasteiger partial charge on any atom is -0.330 e. The minimum absolute atomic E-state index is 0.0803. The van der Waals surface area contributed by atoms with Crippen LogP contribution in [-0.2, 0) is 6.54 Å². The molecule has 2 aromatic rings. The van der Waals surface area contributed by atoms with Gasteiger partial charge in [-0.3, -0.25) is 9.78 Å². The number of carbonyl (C=O) groups is 1. The van der Waals surface area contributed by atoms with Crippen molar-refractivity contribution >= 4 is 44.8 Å². The fourth-order valence-corrected chi connectivity index (χ4v) is 3.18. The molecule has 0 saturated heterocycles. The van der Waals surface area contributed by atoms with Crippen molar-refractivity contribution in [2.45, 2.75) is 6.54 Å². The molecule has 2 rings (SSSR count). The first-order valence-electron chi connectivity index (χ1n) is 5.85. The van der Waals surface area contributed by atoms with Crippen molar-refractivity contribution in [3.63, 3.8) is 0 Å². The molecule has 104 valence electrons. The van der Waals surface area contributed by atoms with E-state index in [1.165, 1.54) is 11.3 Å². The summed E-state index contributed by atoms with van der Waals surface area (Å²) in [7, 11) is 0. The summed E-state index contributed by atoms with van der Waals surface area (Å²) in [5.41, 5.74) is 0.545. The van der Waals surface area contributed by atoms with Gasteiger partial charge in [0.1, 0.15) is 0 Å². The zero-order valence-corrected chi connectivity index (χ0v) is 13.7. The van der Waals surface area contributed by atoms with Crippen LogP contribution >= 0.6 is 38.9 Å². The SMILES string of the molecule is C=CCN(Cc1ccc(Cl)s1)C(=O)c1cncc(Br)c1. The maximum absolute atomic E-state index is 12.5. The van der Waals surface area contributed by atoms with Gasteiger partial charge in [-0.15, -0.1) is 17.9 Å².